The molecule has 0 atom stereocenters. The van der Waals surface area contributed by atoms with Gasteiger partial charge in [0.1, 0.15) is 0 Å². The molecule has 0 saturated carbocycles. The number of esters is 1. The van der Waals surface area contributed by atoms with E-state index < -0.39 is 5.97 Å². The molecule has 3 aromatic rings. The standard InChI is InChI=1S/C20H16ClN3O4/c21-14-9-7-13(8-10-14)19-22-17(28-23-19)12-27-20(26)15-4-1-2-5-16(15)24-11-3-6-18(24)25/h1-2,4-5,7-10H,3,6,11-12H2. The fraction of sp³-hybridized carbons (Fsp3) is 0.200. The predicted molar refractivity (Wildman–Crippen MR) is 102 cm³/mol. The molecule has 0 radical (unpaired) electrons. The second kappa shape index (κ2) is 7.82. The highest BCUT2D eigenvalue weighted by Crippen LogP contribution is 2.26. The van der Waals surface area contributed by atoms with E-state index in [0.717, 1.165) is 12.0 Å². The average Bonchev–Trinajstić information content (AvgIpc) is 3.36. The summed E-state index contributed by atoms with van der Waals surface area (Å²) >= 11 is 5.87. The smallest absolute Gasteiger partial charge is 0.340 e. The largest absolute Gasteiger partial charge is 0.452 e. The molecule has 7 nitrogen and oxygen atoms in total. The van der Waals surface area contributed by atoms with E-state index >= 15 is 0 Å². The van der Waals surface area contributed by atoms with Crippen molar-refractivity contribution in [2.45, 2.75) is 19.4 Å². The van der Waals surface area contributed by atoms with Gasteiger partial charge in [-0.05, 0) is 42.8 Å². The van der Waals surface area contributed by atoms with Crippen LogP contribution >= 0.6 is 11.6 Å². The molecule has 1 amide bonds. The zero-order chi connectivity index (χ0) is 19.5. The van der Waals surface area contributed by atoms with Crippen LogP contribution < -0.4 is 4.90 Å². The Morgan fingerprint density at radius 2 is 1.96 bits per heavy atom. The van der Waals surface area contributed by atoms with Crippen LogP contribution in [0.4, 0.5) is 5.69 Å². The molecule has 0 bridgehead atoms. The van der Waals surface area contributed by atoms with Crippen molar-refractivity contribution >= 4 is 29.2 Å². The number of carbonyl (C=O) groups is 2. The number of para-hydroxylation sites is 1. The highest BCUT2D eigenvalue weighted by Gasteiger charge is 2.26. The van der Waals surface area contributed by atoms with Crippen LogP contribution in [0.3, 0.4) is 0 Å². The van der Waals surface area contributed by atoms with Crippen LogP contribution in [0.25, 0.3) is 11.4 Å². The number of hydrogen-bond donors (Lipinski definition) is 0. The fourth-order valence-electron chi connectivity index (χ4n) is 3.02. The number of amides is 1. The van der Waals surface area contributed by atoms with Crippen LogP contribution in [-0.4, -0.2) is 28.6 Å². The summed E-state index contributed by atoms with van der Waals surface area (Å²) in [7, 11) is 0. The van der Waals surface area contributed by atoms with Crippen LogP contribution in [0, 0.1) is 0 Å². The van der Waals surface area contributed by atoms with Gasteiger partial charge in [0.05, 0.1) is 11.3 Å². The van der Waals surface area contributed by atoms with Gasteiger partial charge in [-0.1, -0.05) is 28.9 Å². The zero-order valence-corrected chi connectivity index (χ0v) is 15.6. The molecule has 2 aromatic carbocycles. The number of halogens is 1. The molecule has 1 aromatic heterocycles. The summed E-state index contributed by atoms with van der Waals surface area (Å²) in [6.45, 7) is 0.430. The first-order valence-electron chi connectivity index (χ1n) is 8.77. The third-order valence-electron chi connectivity index (χ3n) is 4.39. The van der Waals surface area contributed by atoms with Gasteiger partial charge >= 0.3 is 5.97 Å². The molecule has 2 heterocycles. The Bertz CT molecular complexity index is 1020. The molecule has 8 heteroatoms. The average molecular weight is 398 g/mol. The van der Waals surface area contributed by atoms with Gasteiger partial charge < -0.3 is 14.2 Å². The number of rotatable bonds is 5. The van der Waals surface area contributed by atoms with E-state index in [1.54, 1.807) is 53.4 Å². The van der Waals surface area contributed by atoms with Gasteiger partial charge in [-0.3, -0.25) is 4.79 Å². The maximum absolute atomic E-state index is 12.6. The van der Waals surface area contributed by atoms with Crippen LogP contribution in [0.15, 0.2) is 53.1 Å². The highest BCUT2D eigenvalue weighted by atomic mass is 35.5. The number of ether oxygens (including phenoxy) is 1. The van der Waals surface area contributed by atoms with E-state index in [1.165, 1.54) is 0 Å². The summed E-state index contributed by atoms with van der Waals surface area (Å²) in [4.78, 5) is 30.4. The minimum Gasteiger partial charge on any atom is -0.452 e. The zero-order valence-electron chi connectivity index (χ0n) is 14.8. The van der Waals surface area contributed by atoms with Crippen molar-refractivity contribution < 1.29 is 18.8 Å². The minimum atomic E-state index is -0.554. The van der Waals surface area contributed by atoms with E-state index in [-0.39, 0.29) is 18.4 Å². The molecular weight excluding hydrogens is 382 g/mol. The molecule has 142 valence electrons. The fourth-order valence-corrected chi connectivity index (χ4v) is 3.15. The van der Waals surface area contributed by atoms with Gasteiger partial charge in [-0.25, -0.2) is 4.79 Å². The first-order chi connectivity index (χ1) is 13.6. The maximum atomic E-state index is 12.6. The lowest BCUT2D eigenvalue weighted by atomic mass is 10.1. The predicted octanol–water partition coefficient (Wildman–Crippen LogP) is 3.87. The summed E-state index contributed by atoms with van der Waals surface area (Å²) < 4.78 is 10.5. The quantitative estimate of drug-likeness (QED) is 0.607. The lowest BCUT2D eigenvalue weighted by Crippen LogP contribution is -2.26. The van der Waals surface area contributed by atoms with Crippen molar-refractivity contribution in [3.63, 3.8) is 0 Å². The second-order valence-corrected chi connectivity index (χ2v) is 6.70. The van der Waals surface area contributed by atoms with Gasteiger partial charge in [0.2, 0.25) is 11.7 Å². The molecule has 4 rings (SSSR count). The molecule has 1 aliphatic rings. The maximum Gasteiger partial charge on any atom is 0.340 e. The van der Waals surface area contributed by atoms with E-state index in [0.29, 0.717) is 35.1 Å². The SMILES string of the molecule is O=C(OCc1nc(-c2ccc(Cl)cc2)no1)c1ccccc1N1CCCC1=O. The Labute approximate surface area is 165 Å². The van der Waals surface area contributed by atoms with Crippen molar-refractivity contribution in [1.82, 2.24) is 10.1 Å². The molecule has 28 heavy (non-hydrogen) atoms. The van der Waals surface area contributed by atoms with Gasteiger partial charge in [0.15, 0.2) is 6.61 Å². The van der Waals surface area contributed by atoms with Crippen LogP contribution in [-0.2, 0) is 16.1 Å². The normalized spacial score (nSPS) is 13.8. The minimum absolute atomic E-state index is 0.00441. The highest BCUT2D eigenvalue weighted by molar-refractivity contribution is 6.30. The number of aromatic nitrogens is 2. The van der Waals surface area contributed by atoms with Gasteiger partial charge in [-0.15, -0.1) is 0 Å². The van der Waals surface area contributed by atoms with E-state index in [1.807, 2.05) is 0 Å². The Hall–Kier alpha value is -3.19. The number of hydrogen-bond acceptors (Lipinski definition) is 6. The van der Waals surface area contributed by atoms with Crippen molar-refractivity contribution in [3.8, 4) is 11.4 Å². The van der Waals surface area contributed by atoms with E-state index in [4.69, 9.17) is 20.9 Å². The van der Waals surface area contributed by atoms with Crippen molar-refractivity contribution in [1.29, 1.82) is 0 Å². The molecule has 0 spiro atoms. The topological polar surface area (TPSA) is 85.5 Å². The van der Waals surface area contributed by atoms with Crippen LogP contribution in [0.5, 0.6) is 0 Å². The van der Waals surface area contributed by atoms with E-state index in [2.05, 4.69) is 10.1 Å². The van der Waals surface area contributed by atoms with Crippen molar-refractivity contribution in [2.75, 3.05) is 11.4 Å². The Morgan fingerprint density at radius 3 is 2.71 bits per heavy atom. The molecule has 0 N–H and O–H groups in total. The number of carbonyl (C=O) groups excluding carboxylic acids is 2. The molecule has 1 aliphatic heterocycles. The first kappa shape index (κ1) is 18.2. The lowest BCUT2D eigenvalue weighted by molar-refractivity contribution is -0.117. The number of benzene rings is 2. The molecule has 0 unspecified atom stereocenters. The van der Waals surface area contributed by atoms with Gasteiger partial charge in [0, 0.05) is 23.6 Å². The Balaban J connectivity index is 1.46. The summed E-state index contributed by atoms with van der Waals surface area (Å²) in [5.74, 6) is 0.00473. The summed E-state index contributed by atoms with van der Waals surface area (Å²) in [6, 6.07) is 13.9. The molecule has 1 fully saturated rings. The monoisotopic (exact) mass is 397 g/mol. The second-order valence-electron chi connectivity index (χ2n) is 6.26. The molecule has 1 saturated heterocycles. The van der Waals surface area contributed by atoms with Gasteiger partial charge in [0.25, 0.3) is 5.89 Å². The number of nitrogens with zero attached hydrogens (tertiary/aromatic N) is 3. The van der Waals surface area contributed by atoms with Crippen molar-refractivity contribution in [3.05, 3.63) is 65.0 Å². The Kier molecular flexibility index (Phi) is 5.08. The summed E-state index contributed by atoms with van der Waals surface area (Å²) in [5.41, 5.74) is 1.63. The molecule has 0 aliphatic carbocycles. The molecular formula is C20H16ClN3O4. The first-order valence-corrected chi connectivity index (χ1v) is 9.14. The van der Waals surface area contributed by atoms with Crippen molar-refractivity contribution in [2.24, 2.45) is 0 Å². The Morgan fingerprint density at radius 1 is 1.18 bits per heavy atom. The number of anilines is 1. The van der Waals surface area contributed by atoms with E-state index in [9.17, 15) is 9.59 Å². The third-order valence-corrected chi connectivity index (χ3v) is 4.64. The lowest BCUT2D eigenvalue weighted by Gasteiger charge is -2.18. The summed E-state index contributed by atoms with van der Waals surface area (Å²) in [5, 5.41) is 4.49. The summed E-state index contributed by atoms with van der Waals surface area (Å²) in [6.07, 6.45) is 1.26. The van der Waals surface area contributed by atoms with Crippen LogP contribution in [0.2, 0.25) is 5.02 Å². The van der Waals surface area contributed by atoms with Gasteiger partial charge in [-0.2, -0.15) is 4.98 Å². The van der Waals surface area contributed by atoms with Crippen LogP contribution in [0.1, 0.15) is 29.1 Å². The third kappa shape index (κ3) is 3.75.